The fourth-order valence-corrected chi connectivity index (χ4v) is 2.42. The zero-order valence-electron chi connectivity index (χ0n) is 13.4. The molecule has 2 aromatic rings. The highest BCUT2D eigenvalue weighted by molar-refractivity contribution is 5.38. The predicted molar refractivity (Wildman–Crippen MR) is 81.5 cm³/mol. The van der Waals surface area contributed by atoms with Crippen molar-refractivity contribution in [3.63, 3.8) is 0 Å². The van der Waals surface area contributed by atoms with Gasteiger partial charge in [-0.1, -0.05) is 5.16 Å². The molecule has 0 amide bonds. The van der Waals surface area contributed by atoms with Crippen molar-refractivity contribution in [1.29, 1.82) is 0 Å². The van der Waals surface area contributed by atoms with Gasteiger partial charge in [0.05, 0.1) is 11.7 Å². The molecule has 2 heterocycles. The van der Waals surface area contributed by atoms with Crippen LogP contribution in [0.25, 0.3) is 0 Å². The second-order valence-corrected chi connectivity index (χ2v) is 6.23. The summed E-state index contributed by atoms with van der Waals surface area (Å²) in [6, 6.07) is -0.104. The number of nitrogens with one attached hydrogen (secondary N) is 1. The van der Waals surface area contributed by atoms with Gasteiger partial charge in [-0.2, -0.15) is 0 Å². The standard InChI is InChI=1S/C15H22N4O2/c1-9(12-10(2)18-21-11(12)3)17-13-14(20)19(8-7-16-13)15(4,5)6/h7-9H,1-6H3,(H,16,17). The number of rotatable bonds is 3. The molecule has 0 saturated carbocycles. The third-order valence-corrected chi connectivity index (χ3v) is 3.44. The molecular weight excluding hydrogens is 268 g/mol. The zero-order valence-corrected chi connectivity index (χ0v) is 13.4. The molecular formula is C15H22N4O2. The number of nitrogens with zero attached hydrogens (tertiary/aromatic N) is 3. The maximum atomic E-state index is 12.5. The van der Waals surface area contributed by atoms with Crippen molar-refractivity contribution in [2.45, 2.75) is 53.1 Å². The molecule has 0 fully saturated rings. The Labute approximate surface area is 124 Å². The largest absolute Gasteiger partial charge is 0.361 e. The topological polar surface area (TPSA) is 73.0 Å². The Kier molecular flexibility index (Phi) is 3.89. The molecule has 2 rings (SSSR count). The van der Waals surface area contributed by atoms with Crippen LogP contribution in [0.1, 0.15) is 50.8 Å². The molecule has 0 aliphatic rings. The molecule has 2 aromatic heterocycles. The van der Waals surface area contributed by atoms with Crippen LogP contribution in [0.2, 0.25) is 0 Å². The van der Waals surface area contributed by atoms with E-state index in [4.69, 9.17) is 4.52 Å². The molecule has 6 heteroatoms. The van der Waals surface area contributed by atoms with E-state index in [9.17, 15) is 4.79 Å². The summed E-state index contributed by atoms with van der Waals surface area (Å²) in [7, 11) is 0. The summed E-state index contributed by atoms with van der Waals surface area (Å²) in [5.41, 5.74) is 1.36. The molecule has 0 saturated heterocycles. The van der Waals surface area contributed by atoms with Crippen molar-refractivity contribution in [1.82, 2.24) is 14.7 Å². The van der Waals surface area contributed by atoms with Crippen molar-refractivity contribution in [2.24, 2.45) is 0 Å². The van der Waals surface area contributed by atoms with Gasteiger partial charge in [-0.15, -0.1) is 0 Å². The molecule has 0 bridgehead atoms. The first-order valence-electron chi connectivity index (χ1n) is 6.99. The summed E-state index contributed by atoms with van der Waals surface area (Å²) >= 11 is 0. The summed E-state index contributed by atoms with van der Waals surface area (Å²) < 4.78 is 6.84. The molecule has 0 radical (unpaired) electrons. The second-order valence-electron chi connectivity index (χ2n) is 6.23. The van der Waals surface area contributed by atoms with Gasteiger partial charge in [0.25, 0.3) is 5.56 Å². The van der Waals surface area contributed by atoms with E-state index in [1.54, 1.807) is 17.0 Å². The fraction of sp³-hybridized carbons (Fsp3) is 0.533. The summed E-state index contributed by atoms with van der Waals surface area (Å²) in [5, 5.41) is 7.10. The normalized spacial score (nSPS) is 13.2. The van der Waals surface area contributed by atoms with Gasteiger partial charge in [-0.3, -0.25) is 4.79 Å². The van der Waals surface area contributed by atoms with E-state index in [2.05, 4.69) is 15.5 Å². The van der Waals surface area contributed by atoms with Crippen molar-refractivity contribution >= 4 is 5.82 Å². The number of aryl methyl sites for hydroxylation is 2. The van der Waals surface area contributed by atoms with Crippen LogP contribution in [-0.4, -0.2) is 14.7 Å². The Balaban J connectivity index is 2.35. The van der Waals surface area contributed by atoms with Gasteiger partial charge in [0.15, 0.2) is 5.82 Å². The lowest BCUT2D eigenvalue weighted by Crippen LogP contribution is -2.35. The molecule has 0 aliphatic heterocycles. The highest BCUT2D eigenvalue weighted by atomic mass is 16.5. The molecule has 1 N–H and O–H groups in total. The van der Waals surface area contributed by atoms with E-state index in [-0.39, 0.29) is 17.1 Å². The lowest BCUT2D eigenvalue weighted by Gasteiger charge is -2.23. The van der Waals surface area contributed by atoms with Crippen molar-refractivity contribution < 1.29 is 4.52 Å². The van der Waals surface area contributed by atoms with Crippen LogP contribution in [0.3, 0.4) is 0 Å². The molecule has 0 aromatic carbocycles. The molecule has 1 unspecified atom stereocenters. The van der Waals surface area contributed by atoms with Gasteiger partial charge in [0.1, 0.15) is 5.76 Å². The number of anilines is 1. The maximum absolute atomic E-state index is 12.5. The van der Waals surface area contributed by atoms with E-state index in [0.717, 1.165) is 17.0 Å². The third kappa shape index (κ3) is 2.99. The van der Waals surface area contributed by atoms with Crippen LogP contribution >= 0.6 is 0 Å². The molecule has 1 atom stereocenters. The molecule has 21 heavy (non-hydrogen) atoms. The Morgan fingerprint density at radius 2 is 2.00 bits per heavy atom. The SMILES string of the molecule is Cc1noc(C)c1C(C)Nc1nccn(C(C)(C)C)c1=O. The van der Waals surface area contributed by atoms with Crippen LogP contribution < -0.4 is 10.9 Å². The quantitative estimate of drug-likeness (QED) is 0.941. The lowest BCUT2D eigenvalue weighted by molar-refractivity contribution is 0.383. The number of aromatic nitrogens is 3. The van der Waals surface area contributed by atoms with E-state index >= 15 is 0 Å². The van der Waals surface area contributed by atoms with Crippen LogP contribution in [-0.2, 0) is 5.54 Å². The predicted octanol–water partition coefficient (Wildman–Crippen LogP) is 2.78. The Morgan fingerprint density at radius 3 is 2.52 bits per heavy atom. The minimum absolute atomic E-state index is 0.104. The van der Waals surface area contributed by atoms with E-state index in [1.807, 2.05) is 41.5 Å². The maximum Gasteiger partial charge on any atom is 0.293 e. The van der Waals surface area contributed by atoms with Gasteiger partial charge in [0, 0.05) is 23.5 Å². The average Bonchev–Trinajstić information content (AvgIpc) is 2.70. The molecule has 0 aliphatic carbocycles. The third-order valence-electron chi connectivity index (χ3n) is 3.44. The molecule has 114 valence electrons. The highest BCUT2D eigenvalue weighted by Crippen LogP contribution is 2.23. The van der Waals surface area contributed by atoms with Gasteiger partial charge in [-0.05, 0) is 41.5 Å². The zero-order chi connectivity index (χ0) is 15.8. The van der Waals surface area contributed by atoms with Crippen LogP contribution in [0, 0.1) is 13.8 Å². The minimum atomic E-state index is -0.289. The highest BCUT2D eigenvalue weighted by Gasteiger charge is 2.20. The van der Waals surface area contributed by atoms with E-state index in [0.29, 0.717) is 5.82 Å². The van der Waals surface area contributed by atoms with Crippen LogP contribution in [0.5, 0.6) is 0 Å². The van der Waals surface area contributed by atoms with Crippen molar-refractivity contribution in [3.05, 3.63) is 39.8 Å². The first-order valence-corrected chi connectivity index (χ1v) is 6.99. The van der Waals surface area contributed by atoms with Crippen LogP contribution in [0.4, 0.5) is 5.82 Å². The Morgan fingerprint density at radius 1 is 1.33 bits per heavy atom. The molecule has 6 nitrogen and oxygen atoms in total. The molecule has 0 spiro atoms. The monoisotopic (exact) mass is 290 g/mol. The first kappa shape index (κ1) is 15.3. The summed E-state index contributed by atoms with van der Waals surface area (Å²) in [4.78, 5) is 16.7. The van der Waals surface area contributed by atoms with Crippen LogP contribution in [0.15, 0.2) is 21.7 Å². The van der Waals surface area contributed by atoms with Gasteiger partial charge >= 0.3 is 0 Å². The Bertz CT molecular complexity index is 675. The van der Waals surface area contributed by atoms with Gasteiger partial charge < -0.3 is 14.4 Å². The van der Waals surface area contributed by atoms with Crippen molar-refractivity contribution in [2.75, 3.05) is 5.32 Å². The number of hydrogen-bond acceptors (Lipinski definition) is 5. The summed E-state index contributed by atoms with van der Waals surface area (Å²) in [5.74, 6) is 1.08. The summed E-state index contributed by atoms with van der Waals surface area (Å²) in [6.45, 7) is 11.7. The van der Waals surface area contributed by atoms with Crippen molar-refractivity contribution in [3.8, 4) is 0 Å². The number of hydrogen-bond donors (Lipinski definition) is 1. The minimum Gasteiger partial charge on any atom is -0.361 e. The lowest BCUT2D eigenvalue weighted by atomic mass is 10.1. The fourth-order valence-electron chi connectivity index (χ4n) is 2.42. The summed E-state index contributed by atoms with van der Waals surface area (Å²) in [6.07, 6.45) is 3.34. The van der Waals surface area contributed by atoms with Gasteiger partial charge in [0.2, 0.25) is 0 Å². The van der Waals surface area contributed by atoms with E-state index < -0.39 is 0 Å². The Hall–Kier alpha value is -2.11. The van der Waals surface area contributed by atoms with E-state index in [1.165, 1.54) is 0 Å². The first-order chi connectivity index (χ1) is 9.71. The second kappa shape index (κ2) is 5.35. The van der Waals surface area contributed by atoms with Gasteiger partial charge in [-0.25, -0.2) is 4.98 Å². The smallest absolute Gasteiger partial charge is 0.293 e. The average molecular weight is 290 g/mol.